The molecule has 0 atom stereocenters. The molecule has 1 saturated heterocycles. The van der Waals surface area contributed by atoms with Crippen molar-refractivity contribution in [2.45, 2.75) is 58.0 Å². The number of carbonyl (C=O) groups excluding carboxylic acids is 3. The van der Waals surface area contributed by atoms with Gasteiger partial charge in [0.15, 0.2) is 0 Å². The van der Waals surface area contributed by atoms with Crippen molar-refractivity contribution >= 4 is 52.8 Å². The van der Waals surface area contributed by atoms with Gasteiger partial charge in [0.05, 0.1) is 17.2 Å². The highest BCUT2D eigenvalue weighted by molar-refractivity contribution is 6.32. The third-order valence-electron chi connectivity index (χ3n) is 8.13. The summed E-state index contributed by atoms with van der Waals surface area (Å²) in [7, 11) is 1.57. The molecule has 2 fully saturated rings. The lowest BCUT2D eigenvalue weighted by atomic mass is 10.0. The lowest BCUT2D eigenvalue weighted by Crippen LogP contribution is -2.44. The molecular formula is C31H39ClN6O5. The fourth-order valence-electron chi connectivity index (χ4n) is 5.84. The van der Waals surface area contributed by atoms with E-state index in [0.29, 0.717) is 71.2 Å². The Hall–Kier alpha value is -3.86. The molecule has 2 aliphatic heterocycles. The number of hydrogen-bond acceptors (Lipinski definition) is 9. The predicted molar refractivity (Wildman–Crippen MR) is 164 cm³/mol. The molecule has 1 aromatic carbocycles. The number of nitrogens with zero attached hydrogens (tertiary/aromatic N) is 4. The van der Waals surface area contributed by atoms with E-state index in [1.54, 1.807) is 26.1 Å². The fourth-order valence-corrected chi connectivity index (χ4v) is 6.06. The van der Waals surface area contributed by atoms with Crippen LogP contribution < -0.4 is 15.4 Å². The lowest BCUT2D eigenvalue weighted by Gasteiger charge is -2.33. The maximum Gasteiger partial charge on any atom is 0.325 e. The second-order valence-corrected chi connectivity index (χ2v) is 11.6. The number of benzene rings is 1. The summed E-state index contributed by atoms with van der Waals surface area (Å²) in [4.78, 5) is 49.9. The van der Waals surface area contributed by atoms with Crippen LogP contribution in [0, 0.1) is 5.92 Å². The third kappa shape index (κ3) is 7.57. The van der Waals surface area contributed by atoms with E-state index in [0.717, 1.165) is 38.5 Å². The maximum atomic E-state index is 13.1. The first-order valence-corrected chi connectivity index (χ1v) is 15.4. The second kappa shape index (κ2) is 14.1. The van der Waals surface area contributed by atoms with Gasteiger partial charge in [0.2, 0.25) is 11.8 Å². The molecule has 2 N–H and O–H groups in total. The topological polar surface area (TPSA) is 126 Å². The zero-order chi connectivity index (χ0) is 30.3. The average molecular weight is 611 g/mol. The number of amides is 2. The minimum Gasteiger partial charge on any atom is -0.489 e. The van der Waals surface area contributed by atoms with Crippen molar-refractivity contribution in [3.8, 4) is 5.75 Å². The number of aromatic nitrogens is 2. The summed E-state index contributed by atoms with van der Waals surface area (Å²) in [6.45, 7) is 3.77. The number of rotatable bonds is 9. The van der Waals surface area contributed by atoms with Crippen LogP contribution in [0.5, 0.6) is 5.75 Å². The van der Waals surface area contributed by atoms with Crippen LogP contribution in [0.1, 0.15) is 57.4 Å². The molecule has 3 aliphatic rings. The number of likely N-dealkylation sites (tertiary alicyclic amines) is 1. The molecule has 5 rings (SSSR count). The van der Waals surface area contributed by atoms with E-state index in [1.807, 2.05) is 17.0 Å². The lowest BCUT2D eigenvalue weighted by molar-refractivity contribution is -0.147. The van der Waals surface area contributed by atoms with Crippen molar-refractivity contribution in [2.75, 3.05) is 50.5 Å². The molecule has 1 saturated carbocycles. The van der Waals surface area contributed by atoms with Crippen LogP contribution in [0.2, 0.25) is 5.02 Å². The number of piperidine rings is 1. The highest BCUT2D eigenvalue weighted by Gasteiger charge is 2.31. The van der Waals surface area contributed by atoms with Gasteiger partial charge in [-0.15, -0.1) is 0 Å². The largest absolute Gasteiger partial charge is 0.489 e. The monoisotopic (exact) mass is 610 g/mol. The normalized spacial score (nSPS) is 17.3. The van der Waals surface area contributed by atoms with E-state index in [2.05, 4.69) is 20.6 Å². The first-order chi connectivity index (χ1) is 20.8. The molecule has 1 aliphatic carbocycles. The average Bonchev–Trinajstić information content (AvgIpc) is 3.45. The van der Waals surface area contributed by atoms with Crippen molar-refractivity contribution in [3.05, 3.63) is 40.7 Å². The molecule has 2 aromatic rings. The van der Waals surface area contributed by atoms with E-state index in [-0.39, 0.29) is 31.1 Å². The summed E-state index contributed by atoms with van der Waals surface area (Å²) in [5, 5.41) is 7.01. The van der Waals surface area contributed by atoms with Crippen LogP contribution in [0.25, 0.3) is 6.08 Å². The van der Waals surface area contributed by atoms with Gasteiger partial charge in [-0.2, -0.15) is 0 Å². The van der Waals surface area contributed by atoms with Gasteiger partial charge in [0, 0.05) is 56.7 Å². The van der Waals surface area contributed by atoms with Crippen LogP contribution in [0.15, 0.2) is 30.1 Å². The van der Waals surface area contributed by atoms with E-state index >= 15 is 0 Å². The number of hydrogen-bond donors (Lipinski definition) is 2. The minimum absolute atomic E-state index is 0.00398. The smallest absolute Gasteiger partial charge is 0.325 e. The number of likely N-dealkylation sites (N-methyl/N-ethyl adjacent to an activating group) is 1. The van der Waals surface area contributed by atoms with E-state index in [9.17, 15) is 14.4 Å². The molecule has 0 radical (unpaired) electrons. The van der Waals surface area contributed by atoms with Gasteiger partial charge in [-0.3, -0.25) is 14.4 Å². The Balaban J connectivity index is 1.23. The number of esters is 1. The number of halogens is 1. The Bertz CT molecular complexity index is 1370. The Labute approximate surface area is 257 Å². The molecule has 230 valence electrons. The van der Waals surface area contributed by atoms with Gasteiger partial charge in [-0.1, -0.05) is 24.4 Å². The SMILES string of the molecule is CCOC(=O)CN(C)C(=O)C1=Cc2c(ncnc2Nc2ccc(OC3CCN(C(=O)C4CCCC4)CC3)c(Cl)c2)NCC1. The fraction of sp³-hybridized carbons (Fsp3) is 0.516. The van der Waals surface area contributed by atoms with Gasteiger partial charge in [-0.25, -0.2) is 9.97 Å². The molecular weight excluding hydrogens is 572 g/mol. The van der Waals surface area contributed by atoms with Gasteiger partial charge in [0.25, 0.3) is 0 Å². The summed E-state index contributed by atoms with van der Waals surface area (Å²) < 4.78 is 11.2. The molecule has 0 spiro atoms. The second-order valence-electron chi connectivity index (χ2n) is 11.2. The van der Waals surface area contributed by atoms with Crippen LogP contribution in [-0.2, 0) is 19.1 Å². The Morgan fingerprint density at radius 3 is 2.63 bits per heavy atom. The summed E-state index contributed by atoms with van der Waals surface area (Å²) in [5.41, 5.74) is 1.84. The first-order valence-electron chi connectivity index (χ1n) is 15.0. The van der Waals surface area contributed by atoms with E-state index < -0.39 is 5.97 Å². The number of nitrogens with one attached hydrogen (secondary N) is 2. The standard InChI is InChI=1S/C31H39ClN6O5/c1-3-42-27(39)18-37(2)30(40)21-10-13-33-28-24(16-21)29(35-19-34-28)36-22-8-9-26(25(32)17-22)43-23-11-14-38(15-12-23)31(41)20-6-4-5-7-20/h8-9,16-17,19-20,23H,3-7,10-15,18H2,1-2H3,(H2,33,34,35,36). The van der Waals surface area contributed by atoms with Crippen molar-refractivity contribution < 1.29 is 23.9 Å². The van der Waals surface area contributed by atoms with Crippen LogP contribution >= 0.6 is 11.6 Å². The summed E-state index contributed by atoms with van der Waals surface area (Å²) in [5.74, 6) is 1.47. The van der Waals surface area contributed by atoms with Crippen LogP contribution in [0.4, 0.5) is 17.3 Å². The van der Waals surface area contributed by atoms with Crippen LogP contribution in [-0.4, -0.2) is 83.5 Å². The van der Waals surface area contributed by atoms with Crippen LogP contribution in [0.3, 0.4) is 0 Å². The summed E-state index contributed by atoms with van der Waals surface area (Å²) in [6.07, 6.45) is 9.55. The zero-order valence-electron chi connectivity index (χ0n) is 24.7. The maximum absolute atomic E-state index is 13.1. The molecule has 0 unspecified atom stereocenters. The number of ether oxygens (including phenoxy) is 2. The molecule has 43 heavy (non-hydrogen) atoms. The molecule has 12 heteroatoms. The highest BCUT2D eigenvalue weighted by Crippen LogP contribution is 2.34. The number of carbonyl (C=O) groups is 3. The molecule has 3 heterocycles. The van der Waals surface area contributed by atoms with Gasteiger partial charge < -0.3 is 29.9 Å². The first kappa shape index (κ1) is 30.6. The Morgan fingerprint density at radius 1 is 1.14 bits per heavy atom. The molecule has 2 amide bonds. The quantitative estimate of drug-likeness (QED) is 0.390. The highest BCUT2D eigenvalue weighted by atomic mass is 35.5. The third-order valence-corrected chi connectivity index (χ3v) is 8.42. The van der Waals surface area contributed by atoms with Crippen molar-refractivity contribution in [3.63, 3.8) is 0 Å². The summed E-state index contributed by atoms with van der Waals surface area (Å²) in [6, 6.07) is 5.46. The van der Waals surface area contributed by atoms with Gasteiger partial charge in [-0.05, 0) is 50.5 Å². The van der Waals surface area contributed by atoms with Crippen molar-refractivity contribution in [1.82, 2.24) is 19.8 Å². The Morgan fingerprint density at radius 2 is 1.91 bits per heavy atom. The number of anilines is 3. The number of fused-ring (bicyclic) bond motifs is 1. The van der Waals surface area contributed by atoms with E-state index in [1.165, 1.54) is 11.2 Å². The van der Waals surface area contributed by atoms with Crippen molar-refractivity contribution in [1.29, 1.82) is 0 Å². The zero-order valence-corrected chi connectivity index (χ0v) is 25.5. The summed E-state index contributed by atoms with van der Waals surface area (Å²) >= 11 is 6.64. The molecule has 11 nitrogen and oxygen atoms in total. The molecule has 1 aromatic heterocycles. The minimum atomic E-state index is -0.457. The van der Waals surface area contributed by atoms with Gasteiger partial charge >= 0.3 is 5.97 Å². The predicted octanol–water partition coefficient (Wildman–Crippen LogP) is 4.65. The van der Waals surface area contributed by atoms with Crippen molar-refractivity contribution in [2.24, 2.45) is 5.92 Å². The van der Waals surface area contributed by atoms with E-state index in [4.69, 9.17) is 21.1 Å². The Kier molecular flexibility index (Phi) is 10.0. The molecule has 0 bridgehead atoms. The van der Waals surface area contributed by atoms with Gasteiger partial charge in [0.1, 0.15) is 36.4 Å².